The van der Waals surface area contributed by atoms with Crippen LogP contribution in [0.5, 0.6) is 0 Å². The summed E-state index contributed by atoms with van der Waals surface area (Å²) in [6.45, 7) is 3.91. The molecule has 0 radical (unpaired) electrons. The number of hydrogen-bond acceptors (Lipinski definition) is 5. The first kappa shape index (κ1) is 20.5. The van der Waals surface area contributed by atoms with Gasteiger partial charge < -0.3 is 9.47 Å². The SMILES string of the molecule is CCNS(=O)(=O)c1cnc(N2CCC3(CC2)CC3)c(-c2cn(C)c(=O)c3c2C=CC3)c1. The van der Waals surface area contributed by atoms with Gasteiger partial charge >= 0.3 is 0 Å². The zero-order valence-electron chi connectivity index (χ0n) is 18.0. The van der Waals surface area contributed by atoms with Gasteiger partial charge in [0.15, 0.2) is 0 Å². The van der Waals surface area contributed by atoms with E-state index in [1.54, 1.807) is 24.6 Å². The lowest BCUT2D eigenvalue weighted by atomic mass is 9.93. The Kier molecular flexibility index (Phi) is 4.82. The number of anilines is 1. The number of piperidine rings is 1. The van der Waals surface area contributed by atoms with Crippen molar-refractivity contribution in [1.29, 1.82) is 0 Å². The summed E-state index contributed by atoms with van der Waals surface area (Å²) in [6.07, 6.45) is 12.8. The first-order valence-electron chi connectivity index (χ1n) is 11.0. The summed E-state index contributed by atoms with van der Waals surface area (Å²) >= 11 is 0. The maximum atomic E-state index is 12.7. The van der Waals surface area contributed by atoms with Gasteiger partial charge in [-0.15, -0.1) is 0 Å². The maximum absolute atomic E-state index is 12.7. The maximum Gasteiger partial charge on any atom is 0.254 e. The van der Waals surface area contributed by atoms with E-state index in [1.807, 2.05) is 18.3 Å². The highest BCUT2D eigenvalue weighted by Gasteiger charge is 2.44. The summed E-state index contributed by atoms with van der Waals surface area (Å²) in [5, 5.41) is 0. The van der Waals surface area contributed by atoms with Crippen molar-refractivity contribution in [3.05, 3.63) is 46.0 Å². The van der Waals surface area contributed by atoms with Crippen LogP contribution in [-0.2, 0) is 23.5 Å². The van der Waals surface area contributed by atoms with Gasteiger partial charge in [-0.1, -0.05) is 19.1 Å². The van der Waals surface area contributed by atoms with Crippen LogP contribution >= 0.6 is 0 Å². The molecule has 1 saturated heterocycles. The molecule has 2 aromatic rings. The largest absolute Gasteiger partial charge is 0.356 e. The number of fused-ring (bicyclic) bond motifs is 1. The number of allylic oxidation sites excluding steroid dienone is 1. The van der Waals surface area contributed by atoms with Crippen molar-refractivity contribution in [3.8, 4) is 11.1 Å². The fourth-order valence-corrected chi connectivity index (χ4v) is 5.90. The van der Waals surface area contributed by atoms with Crippen LogP contribution in [-0.4, -0.2) is 37.6 Å². The van der Waals surface area contributed by atoms with Gasteiger partial charge in [0, 0.05) is 55.8 Å². The fraction of sp³-hybridized carbons (Fsp3) is 0.478. The lowest BCUT2D eigenvalue weighted by molar-refractivity contribution is 0.383. The molecule has 0 amide bonds. The van der Waals surface area contributed by atoms with Crippen molar-refractivity contribution in [2.45, 2.75) is 43.9 Å². The van der Waals surface area contributed by atoms with Gasteiger partial charge in [-0.25, -0.2) is 18.1 Å². The van der Waals surface area contributed by atoms with E-state index in [-0.39, 0.29) is 10.5 Å². The van der Waals surface area contributed by atoms with Crippen molar-refractivity contribution in [1.82, 2.24) is 14.3 Å². The highest BCUT2D eigenvalue weighted by atomic mass is 32.2. The first-order valence-corrected chi connectivity index (χ1v) is 12.5. The van der Waals surface area contributed by atoms with Gasteiger partial charge in [-0.3, -0.25) is 4.79 Å². The summed E-state index contributed by atoms with van der Waals surface area (Å²) in [6, 6.07) is 1.72. The minimum absolute atomic E-state index is 0.0108. The molecule has 5 rings (SSSR count). The van der Waals surface area contributed by atoms with Crippen LogP contribution in [0.4, 0.5) is 5.82 Å². The van der Waals surface area contributed by atoms with E-state index in [4.69, 9.17) is 0 Å². The fourth-order valence-electron chi connectivity index (χ4n) is 4.89. The number of hydrogen-bond donors (Lipinski definition) is 1. The molecule has 1 saturated carbocycles. The molecular weight excluding hydrogens is 412 g/mol. The molecule has 1 spiro atoms. The predicted octanol–water partition coefficient (Wildman–Crippen LogP) is 2.70. The van der Waals surface area contributed by atoms with E-state index in [9.17, 15) is 13.2 Å². The molecule has 31 heavy (non-hydrogen) atoms. The van der Waals surface area contributed by atoms with Gasteiger partial charge in [-0.05, 0) is 49.1 Å². The number of pyridine rings is 2. The van der Waals surface area contributed by atoms with Gasteiger partial charge in [-0.2, -0.15) is 0 Å². The molecule has 2 aromatic heterocycles. The second kappa shape index (κ2) is 7.31. The molecule has 3 aliphatic rings. The van der Waals surface area contributed by atoms with Crippen molar-refractivity contribution in [3.63, 3.8) is 0 Å². The van der Waals surface area contributed by atoms with E-state index in [0.717, 1.165) is 54.0 Å². The average Bonchev–Trinajstić information content (AvgIpc) is 3.31. The molecule has 2 aliphatic carbocycles. The molecule has 8 heteroatoms. The quantitative estimate of drug-likeness (QED) is 0.773. The molecule has 7 nitrogen and oxygen atoms in total. The monoisotopic (exact) mass is 440 g/mol. The third-order valence-electron chi connectivity index (χ3n) is 6.98. The van der Waals surface area contributed by atoms with Crippen LogP contribution in [0.1, 0.15) is 43.7 Å². The van der Waals surface area contributed by atoms with Crippen LogP contribution in [0.15, 0.2) is 34.2 Å². The second-order valence-corrected chi connectivity index (χ2v) is 10.8. The highest BCUT2D eigenvalue weighted by Crippen LogP contribution is 2.54. The smallest absolute Gasteiger partial charge is 0.254 e. The third kappa shape index (κ3) is 3.51. The Bertz CT molecular complexity index is 1230. The molecule has 0 bridgehead atoms. The number of sulfonamides is 1. The number of aromatic nitrogens is 2. The molecule has 1 aliphatic heterocycles. The summed E-state index contributed by atoms with van der Waals surface area (Å²) in [7, 11) is -1.90. The van der Waals surface area contributed by atoms with Crippen molar-refractivity contribution in [2.24, 2.45) is 12.5 Å². The lowest BCUT2D eigenvalue weighted by Gasteiger charge is -2.34. The van der Waals surface area contributed by atoms with E-state index in [1.165, 1.54) is 19.0 Å². The summed E-state index contributed by atoms with van der Waals surface area (Å²) in [5.74, 6) is 0.798. The normalized spacial score (nSPS) is 19.1. The Labute approximate surface area is 182 Å². The minimum atomic E-state index is -3.65. The van der Waals surface area contributed by atoms with Gasteiger partial charge in [0.1, 0.15) is 10.7 Å². The van der Waals surface area contributed by atoms with Crippen molar-refractivity contribution in [2.75, 3.05) is 24.5 Å². The molecule has 0 unspecified atom stereocenters. The van der Waals surface area contributed by atoms with E-state index < -0.39 is 10.0 Å². The van der Waals surface area contributed by atoms with Crippen LogP contribution in [0.25, 0.3) is 17.2 Å². The predicted molar refractivity (Wildman–Crippen MR) is 122 cm³/mol. The molecule has 0 aromatic carbocycles. The Morgan fingerprint density at radius 2 is 1.90 bits per heavy atom. The molecule has 2 fully saturated rings. The molecule has 1 N–H and O–H groups in total. The van der Waals surface area contributed by atoms with Crippen LogP contribution in [0.3, 0.4) is 0 Å². The first-order chi connectivity index (χ1) is 14.8. The van der Waals surface area contributed by atoms with E-state index >= 15 is 0 Å². The molecule has 3 heterocycles. The van der Waals surface area contributed by atoms with Gasteiger partial charge in [0.2, 0.25) is 10.0 Å². The van der Waals surface area contributed by atoms with Gasteiger partial charge in [0.05, 0.1) is 0 Å². The Morgan fingerprint density at radius 1 is 1.16 bits per heavy atom. The Hall–Kier alpha value is -2.45. The average molecular weight is 441 g/mol. The summed E-state index contributed by atoms with van der Waals surface area (Å²) in [5.41, 5.74) is 3.77. The number of aryl methyl sites for hydroxylation is 1. The molecule has 164 valence electrons. The Balaban J connectivity index is 1.67. The zero-order chi connectivity index (χ0) is 21.8. The summed E-state index contributed by atoms with van der Waals surface area (Å²) in [4.78, 5) is 19.7. The lowest BCUT2D eigenvalue weighted by Crippen LogP contribution is -2.35. The zero-order valence-corrected chi connectivity index (χ0v) is 18.8. The number of rotatable bonds is 5. The molecule has 0 atom stereocenters. The van der Waals surface area contributed by atoms with Crippen LogP contribution in [0.2, 0.25) is 0 Å². The van der Waals surface area contributed by atoms with Crippen molar-refractivity contribution < 1.29 is 8.42 Å². The topological polar surface area (TPSA) is 84.3 Å². The Morgan fingerprint density at radius 3 is 2.58 bits per heavy atom. The minimum Gasteiger partial charge on any atom is -0.356 e. The number of nitrogens with one attached hydrogen (secondary N) is 1. The van der Waals surface area contributed by atoms with E-state index in [2.05, 4.69) is 14.6 Å². The number of nitrogens with zero attached hydrogens (tertiary/aromatic N) is 3. The second-order valence-electron chi connectivity index (χ2n) is 8.99. The standard InChI is InChI=1S/C23H28N4O3S/c1-3-25-31(29,30)16-13-19(20-15-26(2)22(28)18-6-4-5-17(18)20)21(24-14-16)27-11-9-23(7-8-23)10-12-27/h4-5,13-15,25H,3,6-12H2,1-2H3. The molecular formula is C23H28N4O3S. The van der Waals surface area contributed by atoms with Crippen molar-refractivity contribution >= 4 is 21.9 Å². The van der Waals surface area contributed by atoms with E-state index in [0.29, 0.717) is 18.4 Å². The summed E-state index contributed by atoms with van der Waals surface area (Å²) < 4.78 is 29.6. The third-order valence-corrected chi connectivity index (χ3v) is 8.49. The van der Waals surface area contributed by atoms with Crippen LogP contribution < -0.4 is 15.2 Å². The highest BCUT2D eigenvalue weighted by molar-refractivity contribution is 7.89. The van der Waals surface area contributed by atoms with Gasteiger partial charge in [0.25, 0.3) is 5.56 Å². The van der Waals surface area contributed by atoms with Crippen LogP contribution in [0, 0.1) is 5.41 Å².